The molecule has 3 aromatic carbocycles. The zero-order chi connectivity index (χ0) is 28.5. The lowest BCUT2D eigenvalue weighted by Crippen LogP contribution is -2.29. The van der Waals surface area contributed by atoms with Gasteiger partial charge in [0.1, 0.15) is 17.3 Å². The number of aliphatic hydroxyl groups is 1. The maximum atomic E-state index is 13.6. The van der Waals surface area contributed by atoms with Gasteiger partial charge in [-0.05, 0) is 78.8 Å². The Balaban J connectivity index is 1.88. The molecule has 6 heteroatoms. The molecule has 6 nitrogen and oxygen atoms in total. The number of aryl methyl sites for hydroxylation is 1. The molecule has 0 bridgehead atoms. The SMILES string of the molecule is COc1cccc(CN2C(=O)C(=O)/C(=C(/O)c3cc(C(C)(C)C)ccc3C)C2c2ccc(OC(C)C)cc2)c1. The Morgan fingerprint density at radius 2 is 1.67 bits per heavy atom. The summed E-state index contributed by atoms with van der Waals surface area (Å²) in [5.74, 6) is -0.185. The molecule has 1 N–H and O–H groups in total. The van der Waals surface area contributed by atoms with Gasteiger partial charge in [0.2, 0.25) is 0 Å². The van der Waals surface area contributed by atoms with E-state index in [1.54, 1.807) is 7.11 Å². The number of amides is 1. The Kier molecular flexibility index (Phi) is 7.86. The lowest BCUT2D eigenvalue weighted by atomic mass is 9.84. The summed E-state index contributed by atoms with van der Waals surface area (Å²) in [4.78, 5) is 28.6. The predicted molar refractivity (Wildman–Crippen MR) is 153 cm³/mol. The number of carbonyl (C=O) groups excluding carboxylic acids is 2. The fourth-order valence-electron chi connectivity index (χ4n) is 4.85. The van der Waals surface area contributed by atoms with Crippen LogP contribution in [0.25, 0.3) is 5.76 Å². The van der Waals surface area contributed by atoms with Gasteiger partial charge in [-0.3, -0.25) is 9.59 Å². The van der Waals surface area contributed by atoms with Crippen LogP contribution in [-0.2, 0) is 21.5 Å². The number of aliphatic hydroxyl groups excluding tert-OH is 1. The molecular formula is C33H37NO5. The summed E-state index contributed by atoms with van der Waals surface area (Å²) < 4.78 is 11.2. The Morgan fingerprint density at radius 3 is 2.28 bits per heavy atom. The van der Waals surface area contributed by atoms with Gasteiger partial charge < -0.3 is 19.5 Å². The molecule has 1 amide bonds. The van der Waals surface area contributed by atoms with Crippen molar-refractivity contribution >= 4 is 17.4 Å². The minimum atomic E-state index is -0.776. The van der Waals surface area contributed by atoms with Crippen LogP contribution >= 0.6 is 0 Å². The summed E-state index contributed by atoms with van der Waals surface area (Å²) in [5.41, 5.74) is 3.82. The maximum Gasteiger partial charge on any atom is 0.295 e. The molecule has 0 aliphatic carbocycles. The third-order valence-corrected chi connectivity index (χ3v) is 6.95. The van der Waals surface area contributed by atoms with Gasteiger partial charge in [0.05, 0.1) is 24.8 Å². The molecule has 1 atom stereocenters. The second-order valence-electron chi connectivity index (χ2n) is 11.3. The monoisotopic (exact) mass is 527 g/mol. The van der Waals surface area contributed by atoms with Gasteiger partial charge in [-0.2, -0.15) is 0 Å². The van der Waals surface area contributed by atoms with E-state index < -0.39 is 17.7 Å². The van der Waals surface area contributed by atoms with Crippen molar-refractivity contribution in [3.63, 3.8) is 0 Å². The lowest BCUT2D eigenvalue weighted by Gasteiger charge is -2.26. The van der Waals surface area contributed by atoms with Crippen molar-refractivity contribution < 1.29 is 24.2 Å². The van der Waals surface area contributed by atoms with E-state index in [4.69, 9.17) is 9.47 Å². The van der Waals surface area contributed by atoms with Crippen molar-refractivity contribution in [3.05, 3.63) is 100 Å². The van der Waals surface area contributed by atoms with E-state index in [-0.39, 0.29) is 29.4 Å². The van der Waals surface area contributed by atoms with Gasteiger partial charge >= 0.3 is 0 Å². The number of hydrogen-bond acceptors (Lipinski definition) is 5. The van der Waals surface area contributed by atoms with E-state index in [9.17, 15) is 14.7 Å². The molecule has 0 spiro atoms. The third-order valence-electron chi connectivity index (χ3n) is 6.95. The van der Waals surface area contributed by atoms with Crippen LogP contribution in [0.5, 0.6) is 11.5 Å². The van der Waals surface area contributed by atoms with Crippen molar-refractivity contribution in [2.45, 2.75) is 65.6 Å². The van der Waals surface area contributed by atoms with E-state index in [1.165, 1.54) is 4.90 Å². The van der Waals surface area contributed by atoms with Crippen LogP contribution in [0.1, 0.15) is 68.5 Å². The van der Waals surface area contributed by atoms with Crippen molar-refractivity contribution in [2.75, 3.05) is 7.11 Å². The van der Waals surface area contributed by atoms with Crippen LogP contribution in [0.3, 0.4) is 0 Å². The predicted octanol–water partition coefficient (Wildman–Crippen LogP) is 6.71. The minimum absolute atomic E-state index is 0.00705. The minimum Gasteiger partial charge on any atom is -0.507 e. The molecule has 204 valence electrons. The standard InChI is InChI=1S/C33H37NO5/c1-20(2)39-25-15-12-23(13-16-25)29-28(30(35)27-18-24(33(4,5)6)14-11-21(27)3)31(36)32(37)34(29)19-22-9-8-10-26(17-22)38-7/h8-18,20,29,35H,19H2,1-7H3/b30-28+. The summed E-state index contributed by atoms with van der Waals surface area (Å²) >= 11 is 0. The fraction of sp³-hybridized carbons (Fsp3) is 0.333. The molecule has 4 rings (SSSR count). The third kappa shape index (κ3) is 5.85. The van der Waals surface area contributed by atoms with Crippen molar-refractivity contribution in [1.29, 1.82) is 0 Å². The molecule has 0 aromatic heterocycles. The van der Waals surface area contributed by atoms with Crippen LogP contribution in [0, 0.1) is 6.92 Å². The zero-order valence-electron chi connectivity index (χ0n) is 23.7. The number of benzene rings is 3. The second-order valence-corrected chi connectivity index (χ2v) is 11.3. The number of methoxy groups -OCH3 is 1. The van der Waals surface area contributed by atoms with E-state index in [0.717, 1.165) is 16.7 Å². The van der Waals surface area contributed by atoms with E-state index in [1.807, 2.05) is 87.5 Å². The fourth-order valence-corrected chi connectivity index (χ4v) is 4.85. The number of Topliss-reactive ketones (excluding diaryl/α,β-unsaturated/α-hetero) is 1. The summed E-state index contributed by atoms with van der Waals surface area (Å²) in [7, 11) is 1.58. The number of hydrogen-bond donors (Lipinski definition) is 1. The molecule has 39 heavy (non-hydrogen) atoms. The lowest BCUT2D eigenvalue weighted by molar-refractivity contribution is -0.140. The van der Waals surface area contributed by atoms with Crippen molar-refractivity contribution in [1.82, 2.24) is 4.90 Å². The first-order valence-corrected chi connectivity index (χ1v) is 13.2. The second kappa shape index (κ2) is 11.0. The number of likely N-dealkylation sites (tertiary alicyclic amines) is 1. The van der Waals surface area contributed by atoms with E-state index in [0.29, 0.717) is 22.6 Å². The normalized spacial score (nSPS) is 17.1. The Morgan fingerprint density at radius 1 is 0.974 bits per heavy atom. The van der Waals surface area contributed by atoms with Crippen LogP contribution in [0.2, 0.25) is 0 Å². The largest absolute Gasteiger partial charge is 0.507 e. The zero-order valence-corrected chi connectivity index (χ0v) is 23.7. The Bertz CT molecular complexity index is 1410. The highest BCUT2D eigenvalue weighted by molar-refractivity contribution is 6.46. The number of carbonyl (C=O) groups is 2. The van der Waals surface area contributed by atoms with Gasteiger partial charge in [0.25, 0.3) is 11.7 Å². The molecule has 1 heterocycles. The number of rotatable bonds is 7. The molecule has 1 fully saturated rings. The molecule has 3 aromatic rings. The van der Waals surface area contributed by atoms with E-state index >= 15 is 0 Å². The Labute approximate surface area is 230 Å². The topological polar surface area (TPSA) is 76.1 Å². The van der Waals surface area contributed by atoms with Crippen molar-refractivity contribution in [3.8, 4) is 11.5 Å². The van der Waals surface area contributed by atoms with Gasteiger partial charge in [-0.1, -0.05) is 57.2 Å². The van der Waals surface area contributed by atoms with Gasteiger partial charge in [-0.25, -0.2) is 0 Å². The average molecular weight is 528 g/mol. The Hall–Kier alpha value is -4.06. The van der Waals surface area contributed by atoms with Gasteiger partial charge in [-0.15, -0.1) is 0 Å². The molecule has 0 radical (unpaired) electrons. The molecular weight excluding hydrogens is 490 g/mol. The summed E-state index contributed by atoms with van der Waals surface area (Å²) in [5, 5.41) is 11.7. The first-order chi connectivity index (χ1) is 18.4. The first kappa shape index (κ1) is 28.0. The molecule has 1 saturated heterocycles. The average Bonchev–Trinajstić information content (AvgIpc) is 3.13. The molecule has 1 unspecified atom stereocenters. The van der Waals surface area contributed by atoms with Crippen LogP contribution in [0.15, 0.2) is 72.3 Å². The number of nitrogens with zero attached hydrogens (tertiary/aromatic N) is 1. The molecule has 0 saturated carbocycles. The van der Waals surface area contributed by atoms with Gasteiger partial charge in [0.15, 0.2) is 0 Å². The summed E-state index contributed by atoms with van der Waals surface area (Å²) in [6.45, 7) is 12.2. The highest BCUT2D eigenvalue weighted by Gasteiger charge is 2.46. The smallest absolute Gasteiger partial charge is 0.295 e. The molecule has 1 aliphatic heterocycles. The highest BCUT2D eigenvalue weighted by atomic mass is 16.5. The highest BCUT2D eigenvalue weighted by Crippen LogP contribution is 2.42. The maximum absolute atomic E-state index is 13.6. The first-order valence-electron chi connectivity index (χ1n) is 13.2. The van der Waals surface area contributed by atoms with Crippen LogP contribution in [-0.4, -0.2) is 34.9 Å². The number of ether oxygens (including phenoxy) is 2. The summed E-state index contributed by atoms with van der Waals surface area (Å²) in [6.07, 6.45) is 0.00705. The summed E-state index contributed by atoms with van der Waals surface area (Å²) in [6, 6.07) is 19.8. The number of ketones is 1. The van der Waals surface area contributed by atoms with Crippen LogP contribution < -0.4 is 9.47 Å². The quantitative estimate of drug-likeness (QED) is 0.210. The van der Waals surface area contributed by atoms with Crippen molar-refractivity contribution in [2.24, 2.45) is 0 Å². The van der Waals surface area contributed by atoms with Crippen LogP contribution in [0.4, 0.5) is 0 Å². The van der Waals surface area contributed by atoms with E-state index in [2.05, 4.69) is 20.8 Å². The molecule has 1 aliphatic rings. The van der Waals surface area contributed by atoms with Gasteiger partial charge in [0, 0.05) is 12.1 Å².